The SMILES string of the molecule is CC1([C@H](NC(=O)C(F)(F)F)C(=O)N2CC3CCCC3C2(C(N)=O)[C@@H](C#N)C[C@@H]2CCCNC2=O)CC1. The molecule has 12 heteroatoms. The molecule has 36 heavy (non-hydrogen) atoms. The van der Waals surface area contributed by atoms with Gasteiger partial charge in [0.2, 0.25) is 17.7 Å². The second-order valence-corrected chi connectivity index (χ2v) is 11.0. The van der Waals surface area contributed by atoms with E-state index in [4.69, 9.17) is 5.73 Å². The molecule has 2 saturated carbocycles. The number of hydrogen-bond acceptors (Lipinski definition) is 5. The topological polar surface area (TPSA) is 145 Å². The predicted octanol–water partition coefficient (Wildman–Crippen LogP) is 1.37. The number of nitrogens with one attached hydrogen (secondary N) is 2. The number of likely N-dealkylation sites (tertiary alicyclic amines) is 1. The van der Waals surface area contributed by atoms with Gasteiger partial charge in [0.15, 0.2) is 0 Å². The standard InChI is InChI=1S/C24H32F3N5O4/c1-22(7-8-22)17(31-21(36)24(25,26)27)19(34)32-12-14-4-2-6-16(14)23(32,20(29)35)15(11-28)10-13-5-3-9-30-18(13)33/h13-17H,2-10,12H2,1H3,(H2,29,35)(H,30,33)(H,31,36)/t13-,14?,15+,16?,17+,23?/m0/s1. The van der Waals surface area contributed by atoms with Gasteiger partial charge in [-0.05, 0) is 62.2 Å². The number of carbonyl (C=O) groups excluding carboxylic acids is 4. The van der Waals surface area contributed by atoms with Crippen molar-refractivity contribution >= 4 is 23.6 Å². The third kappa shape index (κ3) is 4.30. The molecule has 0 aromatic rings. The number of alkyl halides is 3. The number of primary amides is 1. The molecular weight excluding hydrogens is 479 g/mol. The highest BCUT2D eigenvalue weighted by atomic mass is 19.4. The van der Waals surface area contributed by atoms with E-state index in [-0.39, 0.29) is 24.8 Å². The van der Waals surface area contributed by atoms with Crippen LogP contribution in [0.1, 0.15) is 58.3 Å². The Kier molecular flexibility index (Phi) is 6.73. The number of nitriles is 1. The van der Waals surface area contributed by atoms with E-state index in [1.54, 1.807) is 6.92 Å². The fourth-order valence-corrected chi connectivity index (χ4v) is 6.69. The molecule has 0 aromatic carbocycles. The van der Waals surface area contributed by atoms with E-state index < -0.39 is 58.6 Å². The Morgan fingerprint density at radius 1 is 1.25 bits per heavy atom. The van der Waals surface area contributed by atoms with E-state index in [1.807, 2.05) is 5.32 Å². The van der Waals surface area contributed by atoms with Gasteiger partial charge >= 0.3 is 12.1 Å². The number of fused-ring (bicyclic) bond motifs is 1. The Morgan fingerprint density at radius 2 is 1.94 bits per heavy atom. The zero-order valence-electron chi connectivity index (χ0n) is 20.2. The first-order chi connectivity index (χ1) is 16.9. The maximum absolute atomic E-state index is 14.0. The lowest BCUT2D eigenvalue weighted by Gasteiger charge is -2.45. The first kappa shape index (κ1) is 26.2. The fraction of sp³-hybridized carbons (Fsp3) is 0.792. The van der Waals surface area contributed by atoms with Crippen molar-refractivity contribution in [3.05, 3.63) is 0 Å². The maximum Gasteiger partial charge on any atom is 0.471 e. The normalized spacial score (nSPS) is 32.6. The minimum atomic E-state index is -5.18. The van der Waals surface area contributed by atoms with Crippen LogP contribution >= 0.6 is 0 Å². The molecule has 3 unspecified atom stereocenters. The Labute approximate surface area is 207 Å². The molecule has 9 nitrogen and oxygen atoms in total. The molecule has 0 aromatic heterocycles. The van der Waals surface area contributed by atoms with Crippen LogP contribution in [0.4, 0.5) is 13.2 Å². The molecule has 4 N–H and O–H groups in total. The lowest BCUT2D eigenvalue weighted by Crippen LogP contribution is -2.67. The van der Waals surface area contributed by atoms with Crippen LogP contribution in [-0.2, 0) is 19.2 Å². The van der Waals surface area contributed by atoms with Gasteiger partial charge in [-0.25, -0.2) is 0 Å². The number of nitrogens with zero attached hydrogens (tertiary/aromatic N) is 2. The first-order valence-electron chi connectivity index (χ1n) is 12.5. The van der Waals surface area contributed by atoms with Gasteiger partial charge in [0.25, 0.3) is 0 Å². The summed E-state index contributed by atoms with van der Waals surface area (Å²) in [7, 11) is 0. The third-order valence-corrected chi connectivity index (χ3v) is 8.87. The van der Waals surface area contributed by atoms with Crippen LogP contribution < -0.4 is 16.4 Å². The summed E-state index contributed by atoms with van der Waals surface area (Å²) in [6.45, 7) is 2.20. The number of hydrogen-bond donors (Lipinski definition) is 3. The zero-order valence-corrected chi connectivity index (χ0v) is 20.2. The summed E-state index contributed by atoms with van der Waals surface area (Å²) in [4.78, 5) is 52.8. The van der Waals surface area contributed by atoms with Crippen molar-refractivity contribution in [2.75, 3.05) is 13.1 Å². The van der Waals surface area contributed by atoms with Crippen LogP contribution in [-0.4, -0.2) is 59.4 Å². The number of nitrogens with two attached hydrogens (primary N) is 1. The van der Waals surface area contributed by atoms with Gasteiger partial charge < -0.3 is 21.3 Å². The summed E-state index contributed by atoms with van der Waals surface area (Å²) in [5.41, 5.74) is 3.31. The van der Waals surface area contributed by atoms with Gasteiger partial charge in [-0.2, -0.15) is 18.4 Å². The molecule has 4 aliphatic rings. The summed E-state index contributed by atoms with van der Waals surface area (Å²) in [6.07, 6.45) is -1.12. The summed E-state index contributed by atoms with van der Waals surface area (Å²) >= 11 is 0. The van der Waals surface area contributed by atoms with E-state index in [2.05, 4.69) is 11.4 Å². The van der Waals surface area contributed by atoms with Crippen molar-refractivity contribution in [3.8, 4) is 6.07 Å². The second-order valence-electron chi connectivity index (χ2n) is 11.0. The van der Waals surface area contributed by atoms with Gasteiger partial charge in [0.1, 0.15) is 11.6 Å². The van der Waals surface area contributed by atoms with Crippen LogP contribution in [0.2, 0.25) is 0 Å². The minimum absolute atomic E-state index is 0.00905. The summed E-state index contributed by atoms with van der Waals surface area (Å²) in [5.74, 6) is -6.44. The van der Waals surface area contributed by atoms with Crippen molar-refractivity contribution in [1.29, 1.82) is 5.26 Å². The van der Waals surface area contributed by atoms with Crippen LogP contribution in [0, 0.1) is 40.4 Å². The van der Waals surface area contributed by atoms with Gasteiger partial charge in [-0.1, -0.05) is 13.3 Å². The molecular formula is C24H32F3N5O4. The molecule has 4 fully saturated rings. The van der Waals surface area contributed by atoms with Crippen molar-refractivity contribution in [3.63, 3.8) is 0 Å². The maximum atomic E-state index is 14.0. The minimum Gasteiger partial charge on any atom is -0.368 e. The monoisotopic (exact) mass is 511 g/mol. The van der Waals surface area contributed by atoms with Crippen molar-refractivity contribution in [2.24, 2.45) is 34.8 Å². The molecule has 0 spiro atoms. The Morgan fingerprint density at radius 3 is 2.50 bits per heavy atom. The molecule has 4 rings (SSSR count). The highest BCUT2D eigenvalue weighted by Gasteiger charge is 2.66. The molecule has 4 amide bonds. The smallest absolute Gasteiger partial charge is 0.368 e. The first-order valence-corrected chi connectivity index (χ1v) is 12.5. The van der Waals surface area contributed by atoms with E-state index in [0.717, 1.165) is 6.42 Å². The molecule has 2 heterocycles. The van der Waals surface area contributed by atoms with Crippen LogP contribution in [0.3, 0.4) is 0 Å². The fourth-order valence-electron chi connectivity index (χ4n) is 6.69. The molecule has 198 valence electrons. The van der Waals surface area contributed by atoms with Crippen LogP contribution in [0.5, 0.6) is 0 Å². The number of halogens is 3. The summed E-state index contributed by atoms with van der Waals surface area (Å²) in [5, 5.41) is 14.9. The zero-order chi connectivity index (χ0) is 26.5. The van der Waals surface area contributed by atoms with Crippen LogP contribution in [0.25, 0.3) is 0 Å². The summed E-state index contributed by atoms with van der Waals surface area (Å²) < 4.78 is 39.3. The average molecular weight is 512 g/mol. The second kappa shape index (κ2) is 9.23. The Hall–Kier alpha value is -2.84. The number of amides is 4. The average Bonchev–Trinajstić information content (AvgIpc) is 3.24. The predicted molar refractivity (Wildman–Crippen MR) is 119 cm³/mol. The van der Waals surface area contributed by atoms with Crippen LogP contribution in [0.15, 0.2) is 0 Å². The Bertz CT molecular complexity index is 991. The quantitative estimate of drug-likeness (QED) is 0.473. The van der Waals surface area contributed by atoms with Crippen molar-refractivity contribution < 1.29 is 32.3 Å². The highest BCUT2D eigenvalue weighted by molar-refractivity contribution is 5.97. The van der Waals surface area contributed by atoms with E-state index in [0.29, 0.717) is 45.1 Å². The molecule has 2 aliphatic carbocycles. The molecule has 0 radical (unpaired) electrons. The van der Waals surface area contributed by atoms with E-state index in [1.165, 1.54) is 4.90 Å². The van der Waals surface area contributed by atoms with E-state index >= 15 is 0 Å². The van der Waals surface area contributed by atoms with Gasteiger partial charge in [0, 0.05) is 19.0 Å². The number of rotatable bonds is 7. The number of carbonyl (C=O) groups is 4. The van der Waals surface area contributed by atoms with Crippen molar-refractivity contribution in [1.82, 2.24) is 15.5 Å². The van der Waals surface area contributed by atoms with Crippen molar-refractivity contribution in [2.45, 2.75) is 76.0 Å². The molecule has 0 bridgehead atoms. The highest BCUT2D eigenvalue weighted by Crippen LogP contribution is 2.55. The summed E-state index contributed by atoms with van der Waals surface area (Å²) in [6, 6.07) is 0.635. The number of piperidine rings is 1. The Balaban J connectivity index is 1.73. The van der Waals surface area contributed by atoms with Gasteiger partial charge in [0.05, 0.1) is 12.0 Å². The molecule has 2 saturated heterocycles. The molecule has 2 aliphatic heterocycles. The van der Waals surface area contributed by atoms with Gasteiger partial charge in [-0.15, -0.1) is 0 Å². The lowest BCUT2D eigenvalue weighted by atomic mass is 9.68. The lowest BCUT2D eigenvalue weighted by molar-refractivity contribution is -0.176. The third-order valence-electron chi connectivity index (χ3n) is 8.87. The van der Waals surface area contributed by atoms with Gasteiger partial charge in [-0.3, -0.25) is 19.2 Å². The largest absolute Gasteiger partial charge is 0.471 e. The molecule has 6 atom stereocenters. The van der Waals surface area contributed by atoms with E-state index in [9.17, 15) is 37.6 Å².